The molecule has 160 valence electrons. The zero-order valence-corrected chi connectivity index (χ0v) is 17.6. The van der Waals surface area contributed by atoms with E-state index in [0.717, 1.165) is 68.9 Å². The summed E-state index contributed by atoms with van der Waals surface area (Å²) in [6.45, 7) is 5.03. The molecule has 0 saturated carbocycles. The summed E-state index contributed by atoms with van der Waals surface area (Å²) >= 11 is 0. The number of pyridine rings is 1. The molecule has 5 nitrogen and oxygen atoms in total. The quantitative estimate of drug-likeness (QED) is 0.833. The van der Waals surface area contributed by atoms with E-state index in [4.69, 9.17) is 4.98 Å². The second-order valence-corrected chi connectivity index (χ2v) is 8.95. The van der Waals surface area contributed by atoms with Crippen molar-refractivity contribution in [3.63, 3.8) is 0 Å². The predicted octanol–water partition coefficient (Wildman–Crippen LogP) is 3.82. The van der Waals surface area contributed by atoms with Crippen molar-refractivity contribution >= 4 is 17.2 Å². The molecule has 3 saturated heterocycles. The molecule has 3 fully saturated rings. The first-order valence-electron chi connectivity index (χ1n) is 11.3. The summed E-state index contributed by atoms with van der Waals surface area (Å²) in [7, 11) is 0. The molecule has 0 amide bonds. The van der Waals surface area contributed by atoms with Crippen molar-refractivity contribution in [3.8, 4) is 0 Å². The fourth-order valence-electron chi connectivity index (χ4n) is 5.68. The Kier molecular flexibility index (Phi) is 5.27. The first kappa shape index (κ1) is 19.6. The lowest BCUT2D eigenvalue weighted by Crippen LogP contribution is -2.50. The highest BCUT2D eigenvalue weighted by Gasteiger charge is 2.41. The van der Waals surface area contributed by atoms with Crippen LogP contribution in [0, 0.1) is 5.82 Å². The molecule has 30 heavy (non-hydrogen) atoms. The molecule has 0 unspecified atom stereocenters. The second-order valence-electron chi connectivity index (χ2n) is 8.95. The molecule has 0 radical (unpaired) electrons. The highest BCUT2D eigenvalue weighted by molar-refractivity contribution is 5.58. The average Bonchev–Trinajstić information content (AvgIpc) is 3.20. The molecule has 6 heteroatoms. The topological polar surface area (TPSA) is 42.8 Å². The molecule has 3 aliphatic rings. The highest BCUT2D eigenvalue weighted by atomic mass is 19.1. The number of fused-ring (bicyclic) bond motifs is 1. The molecule has 2 aromatic rings. The van der Waals surface area contributed by atoms with Crippen LogP contribution in [0.25, 0.3) is 0 Å². The van der Waals surface area contributed by atoms with Crippen molar-refractivity contribution in [1.29, 1.82) is 0 Å². The Morgan fingerprint density at radius 3 is 2.53 bits per heavy atom. The Morgan fingerprint density at radius 2 is 1.67 bits per heavy atom. The second kappa shape index (κ2) is 8.06. The van der Waals surface area contributed by atoms with Crippen LogP contribution in [0.4, 0.5) is 21.6 Å². The van der Waals surface area contributed by atoms with Crippen LogP contribution < -0.4 is 14.7 Å². The van der Waals surface area contributed by atoms with Crippen LogP contribution in [0.2, 0.25) is 0 Å². The molecular formula is C24H31FN4O. The number of benzene rings is 1. The van der Waals surface area contributed by atoms with E-state index in [-0.39, 0.29) is 18.0 Å². The van der Waals surface area contributed by atoms with Gasteiger partial charge in [0.1, 0.15) is 11.6 Å². The monoisotopic (exact) mass is 410 g/mol. The smallest absolute Gasteiger partial charge is 0.130 e. The Hall–Kier alpha value is -2.34. The van der Waals surface area contributed by atoms with Crippen LogP contribution in [0.1, 0.15) is 39.0 Å². The minimum Gasteiger partial charge on any atom is -0.391 e. The van der Waals surface area contributed by atoms with Gasteiger partial charge in [-0.05, 0) is 63.3 Å². The lowest BCUT2D eigenvalue weighted by molar-refractivity contribution is 0.119. The summed E-state index contributed by atoms with van der Waals surface area (Å²) in [5, 5.41) is 10.3. The SMILES string of the molecule is C[C@H]1[C@@H](O)CCCN1c1ccnc(N2CC[C@@H]3[C@H]2CCCN3c2cccc(F)c2)c1. The summed E-state index contributed by atoms with van der Waals surface area (Å²) in [4.78, 5) is 11.9. The maximum absolute atomic E-state index is 13.8. The van der Waals surface area contributed by atoms with Crippen molar-refractivity contribution in [2.75, 3.05) is 34.3 Å². The van der Waals surface area contributed by atoms with Crippen molar-refractivity contribution in [3.05, 3.63) is 48.4 Å². The third kappa shape index (κ3) is 3.51. The lowest BCUT2D eigenvalue weighted by Gasteiger charge is -2.42. The summed E-state index contributed by atoms with van der Waals surface area (Å²) in [6, 6.07) is 12.2. The normalized spacial score (nSPS) is 29.2. The third-order valence-electron chi connectivity index (χ3n) is 7.25. The van der Waals surface area contributed by atoms with Crippen molar-refractivity contribution in [1.82, 2.24) is 4.98 Å². The minimum atomic E-state index is -0.273. The van der Waals surface area contributed by atoms with Gasteiger partial charge in [-0.25, -0.2) is 9.37 Å². The zero-order chi connectivity index (χ0) is 20.7. The van der Waals surface area contributed by atoms with Gasteiger partial charge in [-0.1, -0.05) is 6.07 Å². The minimum absolute atomic E-state index is 0.124. The van der Waals surface area contributed by atoms with Gasteiger partial charge in [-0.2, -0.15) is 0 Å². The summed E-state index contributed by atoms with van der Waals surface area (Å²) in [5.74, 6) is 0.852. The van der Waals surface area contributed by atoms with Crippen LogP contribution >= 0.6 is 0 Å². The maximum atomic E-state index is 13.8. The van der Waals surface area contributed by atoms with E-state index >= 15 is 0 Å². The van der Waals surface area contributed by atoms with E-state index in [9.17, 15) is 9.50 Å². The van der Waals surface area contributed by atoms with E-state index in [1.165, 1.54) is 6.07 Å². The van der Waals surface area contributed by atoms with E-state index in [2.05, 4.69) is 33.8 Å². The van der Waals surface area contributed by atoms with Gasteiger partial charge < -0.3 is 19.8 Å². The fourth-order valence-corrected chi connectivity index (χ4v) is 5.68. The van der Waals surface area contributed by atoms with Gasteiger partial charge in [0.05, 0.1) is 24.2 Å². The first-order chi connectivity index (χ1) is 14.6. The zero-order valence-electron chi connectivity index (χ0n) is 17.6. The number of piperidine rings is 2. The molecule has 5 rings (SSSR count). The Bertz CT molecular complexity index is 893. The number of nitrogens with zero attached hydrogens (tertiary/aromatic N) is 4. The predicted molar refractivity (Wildman–Crippen MR) is 119 cm³/mol. The number of aliphatic hydroxyl groups is 1. The Labute approximate surface area is 178 Å². The molecule has 1 aromatic carbocycles. The van der Waals surface area contributed by atoms with Gasteiger partial charge in [0.2, 0.25) is 0 Å². The molecule has 4 heterocycles. The van der Waals surface area contributed by atoms with Crippen LogP contribution in [0.15, 0.2) is 42.6 Å². The van der Waals surface area contributed by atoms with Crippen molar-refractivity contribution in [2.45, 2.75) is 63.3 Å². The number of aliphatic hydroxyl groups excluding tert-OH is 1. The largest absolute Gasteiger partial charge is 0.391 e. The summed E-state index contributed by atoms with van der Waals surface area (Å²) in [5.41, 5.74) is 2.14. The summed E-state index contributed by atoms with van der Waals surface area (Å²) < 4.78 is 13.8. The van der Waals surface area contributed by atoms with Crippen LogP contribution in [-0.4, -0.2) is 54.0 Å². The van der Waals surface area contributed by atoms with Gasteiger partial charge in [-0.3, -0.25) is 0 Å². The standard InChI is InChI=1S/C24H31FN4O/c1-17-23(30)8-4-12-27(17)20-9-11-26-24(16-20)29-14-10-22-21(29)7-3-13-28(22)19-6-2-5-18(25)15-19/h2,5-6,9,11,15-17,21-23,30H,3-4,7-8,10,12-14H2,1H3/t17-,21+,22+,23-/m0/s1. The van der Waals surface area contributed by atoms with Crippen LogP contribution in [0.3, 0.4) is 0 Å². The summed E-state index contributed by atoms with van der Waals surface area (Å²) in [6.07, 6.45) is 6.82. The lowest BCUT2D eigenvalue weighted by atomic mass is 9.96. The molecule has 1 aromatic heterocycles. The van der Waals surface area contributed by atoms with Crippen molar-refractivity contribution < 1.29 is 9.50 Å². The molecule has 0 bridgehead atoms. The van der Waals surface area contributed by atoms with Crippen LogP contribution in [0.5, 0.6) is 0 Å². The van der Waals surface area contributed by atoms with Gasteiger partial charge in [0, 0.05) is 43.3 Å². The third-order valence-corrected chi connectivity index (χ3v) is 7.25. The maximum Gasteiger partial charge on any atom is 0.130 e. The van der Waals surface area contributed by atoms with Gasteiger partial charge in [0.25, 0.3) is 0 Å². The number of hydrogen-bond acceptors (Lipinski definition) is 5. The van der Waals surface area contributed by atoms with Gasteiger partial charge in [0.15, 0.2) is 0 Å². The van der Waals surface area contributed by atoms with Crippen LogP contribution in [-0.2, 0) is 0 Å². The molecule has 3 aliphatic heterocycles. The molecular weight excluding hydrogens is 379 g/mol. The number of halogens is 1. The van der Waals surface area contributed by atoms with Crippen molar-refractivity contribution in [2.24, 2.45) is 0 Å². The van der Waals surface area contributed by atoms with E-state index in [0.29, 0.717) is 12.1 Å². The number of hydrogen-bond donors (Lipinski definition) is 1. The van der Waals surface area contributed by atoms with Gasteiger partial charge in [-0.15, -0.1) is 0 Å². The average molecular weight is 411 g/mol. The Balaban J connectivity index is 1.38. The fraction of sp³-hybridized carbons (Fsp3) is 0.542. The first-order valence-corrected chi connectivity index (χ1v) is 11.3. The number of rotatable bonds is 3. The van der Waals surface area contributed by atoms with E-state index < -0.39 is 0 Å². The van der Waals surface area contributed by atoms with E-state index in [1.807, 2.05) is 12.3 Å². The Morgan fingerprint density at radius 1 is 0.900 bits per heavy atom. The van der Waals surface area contributed by atoms with Gasteiger partial charge >= 0.3 is 0 Å². The highest BCUT2D eigenvalue weighted by Crippen LogP contribution is 2.37. The number of aromatic nitrogens is 1. The van der Waals surface area contributed by atoms with E-state index in [1.54, 1.807) is 12.1 Å². The molecule has 0 spiro atoms. The molecule has 0 aliphatic carbocycles. The molecule has 1 N–H and O–H groups in total. The number of anilines is 3. The molecule has 4 atom stereocenters.